The molecule has 0 amide bonds. The highest BCUT2D eigenvalue weighted by atomic mass is 35.5. The quantitative estimate of drug-likeness (QED) is 0.500. The largest absolute Gasteiger partial charge is 0.469 e. The van der Waals surface area contributed by atoms with Crippen molar-refractivity contribution in [3.05, 3.63) is 0 Å². The van der Waals surface area contributed by atoms with Gasteiger partial charge in [-0.3, -0.25) is 9.59 Å². The van der Waals surface area contributed by atoms with E-state index in [9.17, 15) is 9.59 Å². The zero-order valence-electron chi connectivity index (χ0n) is 16.3. The molecule has 0 aromatic rings. The van der Waals surface area contributed by atoms with Crippen LogP contribution in [0, 0.1) is 71.0 Å². The minimum absolute atomic E-state index is 0.0494. The molecule has 6 saturated carbocycles. The third-order valence-corrected chi connectivity index (χ3v) is 11.1. The van der Waals surface area contributed by atoms with Crippen LogP contribution in [0.25, 0.3) is 0 Å². The Morgan fingerprint density at radius 2 is 1.00 bits per heavy atom. The van der Waals surface area contributed by atoms with Crippen LogP contribution in [0.2, 0.25) is 0 Å². The summed E-state index contributed by atoms with van der Waals surface area (Å²) in [6.07, 6.45) is 4.12. The fourth-order valence-corrected chi connectivity index (χ4v) is 10.9. The van der Waals surface area contributed by atoms with Crippen molar-refractivity contribution < 1.29 is 19.1 Å². The Balaban J connectivity index is 1.53. The van der Waals surface area contributed by atoms with E-state index in [1.807, 2.05) is 0 Å². The van der Waals surface area contributed by atoms with Gasteiger partial charge in [-0.1, -0.05) is 0 Å². The number of alkyl halides is 2. The van der Waals surface area contributed by atoms with Crippen LogP contribution in [0.15, 0.2) is 0 Å². The van der Waals surface area contributed by atoms with Gasteiger partial charge in [0.25, 0.3) is 0 Å². The molecule has 6 aliphatic carbocycles. The predicted octanol–water partition coefficient (Wildman–Crippen LogP) is 3.58. The second-order valence-corrected chi connectivity index (χ2v) is 11.4. The summed E-state index contributed by atoms with van der Waals surface area (Å²) in [4.78, 5) is 26.1. The SMILES string of the molecule is COC(=O)[C@H]1[C@H]2[C@@H]3[C@H]4[C@@H]([C@H](C(=O)OC)[C@@H]3[C@@H]3CC[C@@H](Cl)[C@@H]32)[C@H]2[C@@H](CC[C@H]2Cl)[C@H]14. The Morgan fingerprint density at radius 1 is 0.607 bits per heavy atom. The molecule has 6 rings (SSSR count). The standard InChI is InChI=1S/C22H28Cl2O4/c1-27-21(25)19-13-7-3-5-10(24)12(7)16-17(13)18-14(20(16)22(26)28-2)8-4-6-9(23)11(8)15(18)19/h7-20H,3-6H2,1-2H3/t7-,8-,9-,10-,11-,12+,13+,14-,15-,16+,17-,18-,19-,20-/m1/s1. The molecule has 0 spiro atoms. The highest BCUT2D eigenvalue weighted by molar-refractivity contribution is 6.21. The van der Waals surface area contributed by atoms with Crippen LogP contribution in [0.3, 0.4) is 0 Å². The van der Waals surface area contributed by atoms with Gasteiger partial charge >= 0.3 is 11.9 Å². The minimum atomic E-state index is -0.0603. The lowest BCUT2D eigenvalue weighted by Gasteiger charge is -2.33. The van der Waals surface area contributed by atoms with Gasteiger partial charge in [0.2, 0.25) is 0 Å². The molecule has 0 aliphatic heterocycles. The van der Waals surface area contributed by atoms with E-state index in [0.29, 0.717) is 47.3 Å². The van der Waals surface area contributed by atoms with Crippen LogP contribution in [0.5, 0.6) is 0 Å². The summed E-state index contributed by atoms with van der Waals surface area (Å²) < 4.78 is 10.7. The molecular weight excluding hydrogens is 399 g/mol. The second kappa shape index (κ2) is 6.03. The molecule has 0 saturated heterocycles. The lowest BCUT2D eigenvalue weighted by atomic mass is 9.72. The Labute approximate surface area is 176 Å². The third kappa shape index (κ3) is 1.91. The Morgan fingerprint density at radius 3 is 1.36 bits per heavy atom. The van der Waals surface area contributed by atoms with Crippen LogP contribution in [0.4, 0.5) is 0 Å². The lowest BCUT2D eigenvalue weighted by molar-refractivity contribution is -0.150. The molecule has 0 aromatic carbocycles. The van der Waals surface area contributed by atoms with E-state index in [1.54, 1.807) is 0 Å². The molecular formula is C22H28Cl2O4. The van der Waals surface area contributed by atoms with Gasteiger partial charge in [-0.15, -0.1) is 23.2 Å². The number of fused-ring (bicyclic) bond motifs is 6. The lowest BCUT2D eigenvalue weighted by Crippen LogP contribution is -2.37. The molecule has 4 nitrogen and oxygen atoms in total. The topological polar surface area (TPSA) is 52.6 Å². The maximum atomic E-state index is 13.1. The highest BCUT2D eigenvalue weighted by Crippen LogP contribution is 2.80. The van der Waals surface area contributed by atoms with E-state index in [4.69, 9.17) is 32.7 Å². The van der Waals surface area contributed by atoms with Crippen molar-refractivity contribution in [2.24, 2.45) is 71.0 Å². The van der Waals surface area contributed by atoms with Crippen molar-refractivity contribution in [2.45, 2.75) is 36.4 Å². The van der Waals surface area contributed by atoms with Crippen molar-refractivity contribution in [2.75, 3.05) is 14.2 Å². The summed E-state index contributed by atoms with van der Waals surface area (Å²) in [7, 11) is 3.04. The first-order chi connectivity index (χ1) is 13.5. The monoisotopic (exact) mass is 426 g/mol. The first-order valence-electron chi connectivity index (χ1n) is 10.9. The zero-order valence-corrected chi connectivity index (χ0v) is 17.8. The van der Waals surface area contributed by atoms with Crippen LogP contribution in [-0.4, -0.2) is 36.9 Å². The van der Waals surface area contributed by atoms with E-state index in [-0.39, 0.29) is 46.4 Å². The first-order valence-corrected chi connectivity index (χ1v) is 11.8. The molecule has 14 atom stereocenters. The molecule has 0 N–H and O–H groups in total. The molecule has 6 heteroatoms. The van der Waals surface area contributed by atoms with Crippen molar-refractivity contribution in [1.82, 2.24) is 0 Å². The van der Waals surface area contributed by atoms with Gasteiger partial charge in [0.05, 0.1) is 26.1 Å². The zero-order chi connectivity index (χ0) is 19.5. The molecule has 28 heavy (non-hydrogen) atoms. The Bertz CT molecular complexity index is 667. The number of methoxy groups -OCH3 is 2. The smallest absolute Gasteiger partial charge is 0.309 e. The molecule has 0 heterocycles. The Hall–Kier alpha value is -0.480. The molecule has 0 unspecified atom stereocenters. The van der Waals surface area contributed by atoms with Crippen molar-refractivity contribution in [3.63, 3.8) is 0 Å². The van der Waals surface area contributed by atoms with Gasteiger partial charge < -0.3 is 9.47 Å². The number of esters is 2. The van der Waals surface area contributed by atoms with Crippen LogP contribution >= 0.6 is 23.2 Å². The van der Waals surface area contributed by atoms with Crippen LogP contribution in [-0.2, 0) is 19.1 Å². The van der Waals surface area contributed by atoms with Crippen LogP contribution in [0.1, 0.15) is 25.7 Å². The fourth-order valence-electron chi connectivity index (χ4n) is 9.97. The molecule has 6 aliphatic rings. The predicted molar refractivity (Wildman–Crippen MR) is 104 cm³/mol. The van der Waals surface area contributed by atoms with Gasteiger partial charge in [-0.25, -0.2) is 0 Å². The van der Waals surface area contributed by atoms with Gasteiger partial charge in [-0.2, -0.15) is 0 Å². The van der Waals surface area contributed by atoms with Crippen molar-refractivity contribution in [3.8, 4) is 0 Å². The summed E-state index contributed by atoms with van der Waals surface area (Å²) in [5.41, 5.74) is 0. The van der Waals surface area contributed by atoms with Gasteiger partial charge in [-0.05, 0) is 84.9 Å². The summed E-state index contributed by atoms with van der Waals surface area (Å²) in [6, 6.07) is 0. The van der Waals surface area contributed by atoms with Gasteiger partial charge in [0.15, 0.2) is 0 Å². The maximum absolute atomic E-state index is 13.1. The maximum Gasteiger partial charge on any atom is 0.309 e. The number of ether oxygens (including phenoxy) is 2. The second-order valence-electron chi connectivity index (χ2n) is 10.2. The number of hydrogen-bond acceptors (Lipinski definition) is 4. The van der Waals surface area contributed by atoms with Gasteiger partial charge in [0.1, 0.15) is 0 Å². The molecule has 0 bridgehead atoms. The summed E-state index contributed by atoms with van der Waals surface area (Å²) in [5, 5.41) is 0.229. The van der Waals surface area contributed by atoms with E-state index < -0.39 is 0 Å². The van der Waals surface area contributed by atoms with Gasteiger partial charge in [0, 0.05) is 10.8 Å². The van der Waals surface area contributed by atoms with E-state index in [0.717, 1.165) is 25.7 Å². The summed E-state index contributed by atoms with van der Waals surface area (Å²) in [5.74, 6) is 3.32. The summed E-state index contributed by atoms with van der Waals surface area (Å²) in [6.45, 7) is 0. The van der Waals surface area contributed by atoms with E-state index in [1.165, 1.54) is 14.2 Å². The average Bonchev–Trinajstić information content (AvgIpc) is 3.45. The molecule has 0 radical (unpaired) electrons. The van der Waals surface area contributed by atoms with E-state index >= 15 is 0 Å². The number of rotatable bonds is 2. The minimum Gasteiger partial charge on any atom is -0.469 e. The highest BCUT2D eigenvalue weighted by Gasteiger charge is 2.79. The fraction of sp³-hybridized carbons (Fsp3) is 0.909. The van der Waals surface area contributed by atoms with E-state index in [2.05, 4.69) is 0 Å². The number of hydrogen-bond donors (Lipinski definition) is 0. The van der Waals surface area contributed by atoms with Crippen molar-refractivity contribution >= 4 is 35.1 Å². The molecule has 0 aromatic heterocycles. The molecule has 154 valence electrons. The average molecular weight is 427 g/mol. The first kappa shape index (κ1) is 18.3. The van der Waals surface area contributed by atoms with Crippen molar-refractivity contribution in [1.29, 1.82) is 0 Å². The normalized spacial score (nSPS) is 59.9. The number of carbonyl (C=O) groups excluding carboxylic acids is 2. The Kier molecular flexibility index (Phi) is 3.94. The third-order valence-electron chi connectivity index (χ3n) is 10.1. The number of halogens is 2. The van der Waals surface area contributed by atoms with Crippen LogP contribution < -0.4 is 0 Å². The number of carbonyl (C=O) groups is 2. The molecule has 6 fully saturated rings. The summed E-state index contributed by atoms with van der Waals surface area (Å²) >= 11 is 13.7.